The van der Waals surface area contributed by atoms with E-state index in [9.17, 15) is 4.79 Å². The summed E-state index contributed by atoms with van der Waals surface area (Å²) in [7, 11) is 1.88. The lowest BCUT2D eigenvalue weighted by Crippen LogP contribution is -2.03. The Morgan fingerprint density at radius 3 is 2.88 bits per heavy atom. The molecule has 92 valence electrons. The molecule has 0 saturated heterocycles. The number of rotatable bonds is 3. The van der Waals surface area contributed by atoms with Crippen molar-refractivity contribution in [1.29, 1.82) is 0 Å². The predicted molar refractivity (Wildman–Crippen MR) is 68.9 cm³/mol. The van der Waals surface area contributed by atoms with E-state index in [-0.39, 0.29) is 18.8 Å². The Bertz CT molecular complexity index is 552. The number of hydrogen-bond acceptors (Lipinski definition) is 2. The van der Waals surface area contributed by atoms with E-state index in [1.807, 2.05) is 17.7 Å². The molecule has 0 aliphatic rings. The zero-order valence-corrected chi connectivity index (χ0v) is 10.8. The van der Waals surface area contributed by atoms with Crippen LogP contribution in [0.3, 0.4) is 0 Å². The Labute approximate surface area is 110 Å². The van der Waals surface area contributed by atoms with Gasteiger partial charge in [0.05, 0.1) is 17.5 Å². The van der Waals surface area contributed by atoms with Crippen LogP contribution < -0.4 is 0 Å². The molecule has 0 amide bonds. The standard InChI is InChI=1S/C11H11ClN2O2.ClH/c1-14-9-3-2-7(12)6-8(9)13-10(14)4-5-11(15)16;/h2-3,6H,4-5H2,1H3,(H,15,16);1H. The number of imidazole rings is 1. The predicted octanol–water partition coefficient (Wildman–Crippen LogP) is 2.67. The topological polar surface area (TPSA) is 55.1 Å². The highest BCUT2D eigenvalue weighted by atomic mass is 35.5. The minimum atomic E-state index is -0.815. The summed E-state index contributed by atoms with van der Waals surface area (Å²) in [6, 6.07) is 5.46. The van der Waals surface area contributed by atoms with Gasteiger partial charge in [-0.05, 0) is 18.2 Å². The summed E-state index contributed by atoms with van der Waals surface area (Å²) in [5, 5.41) is 9.26. The van der Waals surface area contributed by atoms with Crippen molar-refractivity contribution in [2.75, 3.05) is 0 Å². The van der Waals surface area contributed by atoms with Crippen molar-refractivity contribution in [3.63, 3.8) is 0 Å². The van der Waals surface area contributed by atoms with Crippen LogP contribution in [0.25, 0.3) is 11.0 Å². The fourth-order valence-corrected chi connectivity index (χ4v) is 1.83. The summed E-state index contributed by atoms with van der Waals surface area (Å²) in [5.41, 5.74) is 1.76. The third kappa shape index (κ3) is 2.90. The maximum absolute atomic E-state index is 10.5. The minimum Gasteiger partial charge on any atom is -0.481 e. The van der Waals surface area contributed by atoms with Gasteiger partial charge in [-0.2, -0.15) is 0 Å². The number of hydrogen-bond donors (Lipinski definition) is 1. The van der Waals surface area contributed by atoms with Crippen molar-refractivity contribution in [3.8, 4) is 0 Å². The number of carboxylic acid groups (broad SMARTS) is 1. The highest BCUT2D eigenvalue weighted by Gasteiger charge is 2.09. The first-order valence-electron chi connectivity index (χ1n) is 4.90. The van der Waals surface area contributed by atoms with Gasteiger partial charge in [0, 0.05) is 18.5 Å². The molecule has 0 aliphatic heterocycles. The molecule has 6 heteroatoms. The smallest absolute Gasteiger partial charge is 0.303 e. The third-order valence-corrected chi connectivity index (χ3v) is 2.73. The lowest BCUT2D eigenvalue weighted by atomic mass is 10.3. The van der Waals surface area contributed by atoms with Gasteiger partial charge in [0.15, 0.2) is 0 Å². The maximum Gasteiger partial charge on any atom is 0.303 e. The van der Waals surface area contributed by atoms with Gasteiger partial charge < -0.3 is 9.67 Å². The summed E-state index contributed by atoms with van der Waals surface area (Å²) < 4.78 is 1.90. The molecule has 1 aromatic heterocycles. The third-order valence-electron chi connectivity index (χ3n) is 2.50. The van der Waals surface area contributed by atoms with Gasteiger partial charge in [0.1, 0.15) is 5.82 Å². The zero-order chi connectivity index (χ0) is 11.7. The Balaban J connectivity index is 0.00000144. The Morgan fingerprint density at radius 1 is 1.53 bits per heavy atom. The number of aliphatic carboxylic acids is 1. The van der Waals surface area contributed by atoms with Gasteiger partial charge in [0.25, 0.3) is 0 Å². The van der Waals surface area contributed by atoms with Crippen molar-refractivity contribution < 1.29 is 9.90 Å². The van der Waals surface area contributed by atoms with Gasteiger partial charge in [-0.15, -0.1) is 12.4 Å². The van der Waals surface area contributed by atoms with E-state index >= 15 is 0 Å². The molecule has 17 heavy (non-hydrogen) atoms. The highest BCUT2D eigenvalue weighted by Crippen LogP contribution is 2.20. The summed E-state index contributed by atoms with van der Waals surface area (Å²) in [6.07, 6.45) is 0.517. The Hall–Kier alpha value is -1.26. The molecule has 4 nitrogen and oxygen atoms in total. The van der Waals surface area contributed by atoms with Crippen LogP contribution in [0.4, 0.5) is 0 Å². The number of aromatic nitrogens is 2. The van der Waals surface area contributed by atoms with Crippen LogP contribution in [0.2, 0.25) is 5.02 Å². The molecule has 0 aliphatic carbocycles. The van der Waals surface area contributed by atoms with Crippen LogP contribution in [0, 0.1) is 0 Å². The van der Waals surface area contributed by atoms with Crippen LogP contribution in [0.15, 0.2) is 18.2 Å². The molecule has 0 spiro atoms. The van der Waals surface area contributed by atoms with Crippen molar-refractivity contribution in [3.05, 3.63) is 29.0 Å². The summed E-state index contributed by atoms with van der Waals surface area (Å²) in [6.45, 7) is 0. The number of aryl methyl sites for hydroxylation is 2. The monoisotopic (exact) mass is 274 g/mol. The Morgan fingerprint density at radius 2 is 2.24 bits per heavy atom. The summed E-state index contributed by atoms with van der Waals surface area (Å²) in [4.78, 5) is 14.9. The van der Waals surface area contributed by atoms with E-state index in [2.05, 4.69) is 4.98 Å². The fourth-order valence-electron chi connectivity index (χ4n) is 1.67. The molecule has 1 aromatic carbocycles. The molecular weight excluding hydrogens is 263 g/mol. The van der Waals surface area contributed by atoms with E-state index in [4.69, 9.17) is 16.7 Å². The molecule has 0 radical (unpaired) electrons. The Kier molecular flexibility index (Phi) is 4.37. The van der Waals surface area contributed by atoms with Crippen LogP contribution in [0.1, 0.15) is 12.2 Å². The van der Waals surface area contributed by atoms with Gasteiger partial charge in [0.2, 0.25) is 0 Å². The molecule has 0 bridgehead atoms. The van der Waals surface area contributed by atoms with Crippen molar-refractivity contribution in [2.24, 2.45) is 7.05 Å². The van der Waals surface area contributed by atoms with Gasteiger partial charge in [-0.3, -0.25) is 4.79 Å². The van der Waals surface area contributed by atoms with Gasteiger partial charge in [-0.25, -0.2) is 4.98 Å². The number of carboxylic acids is 1. The molecular formula is C11H12Cl2N2O2. The first-order chi connectivity index (χ1) is 7.58. The van der Waals surface area contributed by atoms with Crippen LogP contribution in [-0.4, -0.2) is 20.6 Å². The molecule has 0 fully saturated rings. The molecule has 1 N–H and O–H groups in total. The van der Waals surface area contributed by atoms with Gasteiger partial charge >= 0.3 is 5.97 Å². The molecule has 0 atom stereocenters. The van der Waals surface area contributed by atoms with E-state index in [0.29, 0.717) is 11.4 Å². The lowest BCUT2D eigenvalue weighted by molar-refractivity contribution is -0.137. The first kappa shape index (κ1) is 13.8. The van der Waals surface area contributed by atoms with Crippen molar-refractivity contribution >= 4 is 41.0 Å². The van der Waals surface area contributed by atoms with E-state index < -0.39 is 5.97 Å². The highest BCUT2D eigenvalue weighted by molar-refractivity contribution is 6.31. The largest absolute Gasteiger partial charge is 0.481 e. The maximum atomic E-state index is 10.5. The van der Waals surface area contributed by atoms with Crippen molar-refractivity contribution in [1.82, 2.24) is 9.55 Å². The number of carbonyl (C=O) groups is 1. The second-order valence-electron chi connectivity index (χ2n) is 3.61. The van der Waals surface area contributed by atoms with Crippen LogP contribution in [-0.2, 0) is 18.3 Å². The zero-order valence-electron chi connectivity index (χ0n) is 9.18. The molecule has 0 saturated carbocycles. The average molecular weight is 275 g/mol. The van der Waals surface area contributed by atoms with E-state index in [0.717, 1.165) is 16.9 Å². The molecule has 2 rings (SSSR count). The van der Waals surface area contributed by atoms with Crippen LogP contribution >= 0.6 is 24.0 Å². The normalized spacial score (nSPS) is 10.2. The molecule has 0 unspecified atom stereocenters. The average Bonchev–Trinajstić information content (AvgIpc) is 2.52. The fraction of sp³-hybridized carbons (Fsp3) is 0.273. The number of halogens is 2. The lowest BCUT2D eigenvalue weighted by Gasteiger charge is -1.99. The quantitative estimate of drug-likeness (QED) is 0.936. The summed E-state index contributed by atoms with van der Waals surface area (Å²) in [5.74, 6) is -0.0512. The molecule has 2 aromatic rings. The first-order valence-corrected chi connectivity index (χ1v) is 5.28. The van der Waals surface area contributed by atoms with Crippen molar-refractivity contribution in [2.45, 2.75) is 12.8 Å². The number of benzene rings is 1. The number of fused-ring (bicyclic) bond motifs is 1. The second kappa shape index (κ2) is 5.38. The number of nitrogens with zero attached hydrogens (tertiary/aromatic N) is 2. The van der Waals surface area contributed by atoms with E-state index in [1.165, 1.54) is 0 Å². The van der Waals surface area contributed by atoms with Crippen LogP contribution in [0.5, 0.6) is 0 Å². The second-order valence-corrected chi connectivity index (χ2v) is 4.05. The van der Waals surface area contributed by atoms with Gasteiger partial charge in [-0.1, -0.05) is 11.6 Å². The minimum absolute atomic E-state index is 0. The van der Waals surface area contributed by atoms with E-state index in [1.54, 1.807) is 12.1 Å². The summed E-state index contributed by atoms with van der Waals surface area (Å²) >= 11 is 5.86. The molecule has 1 heterocycles. The SMILES string of the molecule is Cl.Cn1c(CCC(=O)O)nc2cc(Cl)ccc21.